The Balaban J connectivity index is 1.16. The lowest BCUT2D eigenvalue weighted by molar-refractivity contribution is 0.0735. The van der Waals surface area contributed by atoms with Crippen molar-refractivity contribution in [3.63, 3.8) is 0 Å². The van der Waals surface area contributed by atoms with E-state index in [0.29, 0.717) is 63.7 Å². The summed E-state index contributed by atoms with van der Waals surface area (Å²) in [5, 5.41) is 4.11. The van der Waals surface area contributed by atoms with Gasteiger partial charge >= 0.3 is 0 Å². The summed E-state index contributed by atoms with van der Waals surface area (Å²) in [6.07, 6.45) is 1.65. The Morgan fingerprint density at radius 1 is 0.955 bits per heavy atom. The summed E-state index contributed by atoms with van der Waals surface area (Å²) in [6, 6.07) is 19.4. The molecule has 9 nitrogen and oxygen atoms in total. The number of hydrogen-bond acceptors (Lipinski definition) is 9. The van der Waals surface area contributed by atoms with Crippen molar-refractivity contribution < 1.29 is 28.3 Å². The molecule has 0 saturated carbocycles. The van der Waals surface area contributed by atoms with Gasteiger partial charge in [0.15, 0.2) is 27.7 Å². The maximum Gasteiger partial charge on any atom is 0.265 e. The summed E-state index contributed by atoms with van der Waals surface area (Å²) >= 11 is 3.58. The van der Waals surface area contributed by atoms with Gasteiger partial charge in [0, 0.05) is 37.6 Å². The van der Waals surface area contributed by atoms with Gasteiger partial charge in [-0.25, -0.2) is 4.98 Å². The molecule has 1 fully saturated rings. The van der Waals surface area contributed by atoms with E-state index >= 15 is 0 Å². The molecular formula is C34H28BrN3O6. The number of ketones is 2. The molecule has 10 heteroatoms. The predicted molar refractivity (Wildman–Crippen MR) is 163 cm³/mol. The van der Waals surface area contributed by atoms with Gasteiger partial charge in [0.05, 0.1) is 5.56 Å². The van der Waals surface area contributed by atoms with E-state index in [0.717, 1.165) is 16.7 Å². The van der Waals surface area contributed by atoms with E-state index in [2.05, 4.69) is 21.1 Å². The third-order valence-corrected chi connectivity index (χ3v) is 9.60. The number of anilines is 1. The zero-order valence-corrected chi connectivity index (χ0v) is 25.7. The van der Waals surface area contributed by atoms with Gasteiger partial charge in [0.25, 0.3) is 5.88 Å². The molecule has 1 aliphatic heterocycles. The highest BCUT2D eigenvalue weighted by Gasteiger charge is 2.72. The van der Waals surface area contributed by atoms with Crippen molar-refractivity contribution in [2.24, 2.45) is 11.8 Å². The molecular weight excluding hydrogens is 626 g/mol. The van der Waals surface area contributed by atoms with Gasteiger partial charge in [0.1, 0.15) is 24.6 Å². The summed E-state index contributed by atoms with van der Waals surface area (Å²) in [6.45, 7) is 0.527. The van der Waals surface area contributed by atoms with Crippen LogP contribution in [0.2, 0.25) is 0 Å². The lowest BCUT2D eigenvalue weighted by Gasteiger charge is -2.36. The molecule has 0 bridgehead atoms. The van der Waals surface area contributed by atoms with Crippen LogP contribution in [0.5, 0.6) is 11.6 Å². The minimum Gasteiger partial charge on any atom is -0.485 e. The number of pyridine rings is 1. The summed E-state index contributed by atoms with van der Waals surface area (Å²) in [5.41, 5.74) is 2.90. The number of allylic oxidation sites excluding steroid dienone is 1. The molecule has 1 saturated heterocycles. The molecule has 4 aromatic rings. The minimum absolute atomic E-state index is 0.125. The maximum absolute atomic E-state index is 14.5. The fraction of sp³-hybridized carbons (Fsp3) is 0.294. The Hall–Kier alpha value is -4.44. The molecule has 2 aromatic heterocycles. The highest BCUT2D eigenvalue weighted by Crippen LogP contribution is 2.63. The standard InChI is InChI=1S/C34H28BrN3O6/c1-38(2)32-22-14-20-13-21-15-23-26(33(37-44-23)42-17-19-11-7-4-8-12-19)29(40)34(21)30(43-34)24(20)27(39)25(22)28(31(35)36-32)41-16-18-9-5-3-6-10-18/h3-12,20-21H,13-17H2,1-2H3/t20?,21-,34+/m0/s1. The van der Waals surface area contributed by atoms with Crippen LogP contribution in [-0.2, 0) is 30.8 Å². The smallest absolute Gasteiger partial charge is 0.265 e. The predicted octanol–water partition coefficient (Wildman–Crippen LogP) is 5.89. The average molecular weight is 655 g/mol. The number of hydrogen-bond donors (Lipinski definition) is 0. The number of nitrogens with zero attached hydrogens (tertiary/aromatic N) is 3. The van der Waals surface area contributed by atoms with Crippen molar-refractivity contribution in [1.82, 2.24) is 10.1 Å². The van der Waals surface area contributed by atoms with Gasteiger partial charge in [-0.3, -0.25) is 9.59 Å². The van der Waals surface area contributed by atoms with E-state index < -0.39 is 5.60 Å². The lowest BCUT2D eigenvalue weighted by Crippen LogP contribution is -2.44. The first-order valence-corrected chi connectivity index (χ1v) is 15.4. The van der Waals surface area contributed by atoms with Crippen LogP contribution in [0.25, 0.3) is 0 Å². The molecule has 8 rings (SSSR count). The van der Waals surface area contributed by atoms with Crippen LogP contribution in [0, 0.1) is 11.8 Å². The first-order chi connectivity index (χ1) is 21.4. The molecule has 3 heterocycles. The quantitative estimate of drug-likeness (QED) is 0.178. The van der Waals surface area contributed by atoms with Crippen LogP contribution < -0.4 is 14.4 Å². The second kappa shape index (κ2) is 10.1. The van der Waals surface area contributed by atoms with Gasteiger partial charge < -0.3 is 23.6 Å². The fourth-order valence-electron chi connectivity index (χ4n) is 7.02. The van der Waals surface area contributed by atoms with Crippen LogP contribution in [0.1, 0.15) is 49.6 Å². The Labute approximate surface area is 261 Å². The number of ether oxygens (including phenoxy) is 3. The summed E-state index contributed by atoms with van der Waals surface area (Å²) in [7, 11) is 3.83. The lowest BCUT2D eigenvalue weighted by atomic mass is 9.63. The van der Waals surface area contributed by atoms with E-state index in [1.54, 1.807) is 0 Å². The van der Waals surface area contributed by atoms with Crippen LogP contribution >= 0.6 is 15.9 Å². The van der Waals surface area contributed by atoms with Crippen LogP contribution in [0.15, 0.2) is 81.1 Å². The largest absolute Gasteiger partial charge is 0.485 e. The van der Waals surface area contributed by atoms with Crippen molar-refractivity contribution in [3.05, 3.63) is 110 Å². The van der Waals surface area contributed by atoms with Crippen LogP contribution in [0.3, 0.4) is 0 Å². The first kappa shape index (κ1) is 27.1. The van der Waals surface area contributed by atoms with Crippen molar-refractivity contribution in [1.29, 1.82) is 0 Å². The molecule has 1 unspecified atom stereocenters. The van der Waals surface area contributed by atoms with Gasteiger partial charge in [-0.1, -0.05) is 60.7 Å². The molecule has 3 aliphatic carbocycles. The first-order valence-electron chi connectivity index (χ1n) is 14.6. The normalized spacial score (nSPS) is 22.6. The SMILES string of the molecule is CN(C)c1nc(Br)c(OCc2ccccc2)c2c1CC1C[C@H]3Cc4onc(OCc5ccccc5)c4C(=O)[C@]34OC4=C1C2=O. The molecule has 3 atom stereocenters. The monoisotopic (exact) mass is 653 g/mol. The zero-order valence-electron chi connectivity index (χ0n) is 24.1. The molecule has 2 aromatic carbocycles. The van der Waals surface area contributed by atoms with Gasteiger partial charge in [-0.15, -0.1) is 0 Å². The second-order valence-electron chi connectivity index (χ2n) is 11.9. The third-order valence-electron chi connectivity index (χ3n) is 9.06. The minimum atomic E-state index is -1.19. The van der Waals surface area contributed by atoms with E-state index in [4.69, 9.17) is 23.7 Å². The van der Waals surface area contributed by atoms with Gasteiger partial charge in [-0.2, -0.15) is 0 Å². The molecule has 1 spiro atoms. The molecule has 44 heavy (non-hydrogen) atoms. The van der Waals surface area contributed by atoms with Crippen LogP contribution in [-0.4, -0.2) is 41.4 Å². The Kier molecular flexibility index (Phi) is 6.20. The summed E-state index contributed by atoms with van der Waals surface area (Å²) < 4.78 is 24.6. The molecule has 0 radical (unpaired) electrons. The highest BCUT2D eigenvalue weighted by molar-refractivity contribution is 9.10. The fourth-order valence-corrected chi connectivity index (χ4v) is 7.50. The molecule has 222 valence electrons. The second-order valence-corrected chi connectivity index (χ2v) is 12.7. The number of carbonyl (C=O) groups is 2. The summed E-state index contributed by atoms with van der Waals surface area (Å²) in [4.78, 5) is 35.4. The van der Waals surface area contributed by atoms with Crippen LogP contribution in [0.4, 0.5) is 5.82 Å². The van der Waals surface area contributed by atoms with Crippen molar-refractivity contribution in [3.8, 4) is 11.6 Å². The summed E-state index contributed by atoms with van der Waals surface area (Å²) in [5.74, 6) is 1.51. The Bertz CT molecular complexity index is 1870. The maximum atomic E-state index is 14.5. The number of Topliss-reactive ketones (excluding diaryl/α,β-unsaturated/α-hetero) is 2. The van der Waals surface area contributed by atoms with E-state index in [9.17, 15) is 9.59 Å². The van der Waals surface area contributed by atoms with E-state index in [1.165, 1.54) is 0 Å². The number of fused-ring (bicyclic) bond motifs is 3. The zero-order chi connectivity index (χ0) is 30.2. The van der Waals surface area contributed by atoms with Crippen molar-refractivity contribution in [2.45, 2.75) is 38.1 Å². The number of aromatic nitrogens is 2. The Morgan fingerprint density at radius 3 is 2.32 bits per heavy atom. The number of benzene rings is 2. The average Bonchev–Trinajstić information content (AvgIpc) is 3.66. The molecule has 0 N–H and O–H groups in total. The van der Waals surface area contributed by atoms with E-state index in [1.807, 2.05) is 79.7 Å². The van der Waals surface area contributed by atoms with Gasteiger partial charge in [-0.05, 0) is 51.0 Å². The molecule has 4 aliphatic rings. The topological polar surface area (TPSA) is 107 Å². The number of halogens is 1. The Morgan fingerprint density at radius 2 is 1.64 bits per heavy atom. The third kappa shape index (κ3) is 4.03. The number of rotatable bonds is 7. The van der Waals surface area contributed by atoms with Crippen molar-refractivity contribution in [2.75, 3.05) is 19.0 Å². The van der Waals surface area contributed by atoms with Crippen molar-refractivity contribution >= 4 is 33.3 Å². The van der Waals surface area contributed by atoms with Gasteiger partial charge in [0.2, 0.25) is 11.4 Å². The number of carbonyl (C=O) groups excluding carboxylic acids is 2. The van der Waals surface area contributed by atoms with E-state index in [-0.39, 0.29) is 42.5 Å². The number of epoxide rings is 1. The highest BCUT2D eigenvalue weighted by atomic mass is 79.9. The molecule has 0 amide bonds.